The second kappa shape index (κ2) is 5.55. The van der Waals surface area contributed by atoms with Crippen molar-refractivity contribution in [3.63, 3.8) is 0 Å². The van der Waals surface area contributed by atoms with E-state index >= 15 is 0 Å². The standard InChI is InChI=1S/C11H15N3OS/c1-7-4-3-5-13-9(7)11(15)14-6-8(2)10(12)16/h3-5,8H,6H2,1-2H3,(H2,12,16)(H,14,15). The Bertz CT molecular complexity index is 406. The van der Waals surface area contributed by atoms with Gasteiger partial charge in [-0.05, 0) is 18.6 Å². The minimum absolute atomic E-state index is 0.0111. The first-order valence-corrected chi connectivity index (χ1v) is 5.42. The van der Waals surface area contributed by atoms with Crippen LogP contribution in [-0.4, -0.2) is 22.4 Å². The number of amides is 1. The third-order valence-corrected chi connectivity index (χ3v) is 2.68. The fraction of sp³-hybridized carbons (Fsp3) is 0.364. The Morgan fingerprint density at radius 3 is 2.94 bits per heavy atom. The van der Waals surface area contributed by atoms with Crippen molar-refractivity contribution in [2.75, 3.05) is 6.54 Å². The summed E-state index contributed by atoms with van der Waals surface area (Å²) in [6.45, 7) is 4.15. The van der Waals surface area contributed by atoms with Crippen LogP contribution < -0.4 is 11.1 Å². The highest BCUT2D eigenvalue weighted by Gasteiger charge is 2.11. The van der Waals surface area contributed by atoms with Gasteiger partial charge >= 0.3 is 0 Å². The third kappa shape index (κ3) is 3.27. The number of carbonyl (C=O) groups excluding carboxylic acids is 1. The maximum Gasteiger partial charge on any atom is 0.270 e. The van der Waals surface area contributed by atoms with E-state index in [9.17, 15) is 4.79 Å². The van der Waals surface area contributed by atoms with Gasteiger partial charge in [0, 0.05) is 18.7 Å². The van der Waals surface area contributed by atoms with E-state index in [-0.39, 0.29) is 11.8 Å². The molecule has 0 fully saturated rings. The van der Waals surface area contributed by atoms with E-state index in [2.05, 4.69) is 10.3 Å². The predicted molar refractivity (Wildman–Crippen MR) is 67.3 cm³/mol. The number of hydrogen-bond acceptors (Lipinski definition) is 3. The molecule has 0 bridgehead atoms. The first-order valence-electron chi connectivity index (χ1n) is 5.01. The molecule has 3 N–H and O–H groups in total. The number of carbonyl (C=O) groups is 1. The molecule has 0 aromatic carbocycles. The molecule has 5 heteroatoms. The van der Waals surface area contributed by atoms with Gasteiger partial charge in [0.1, 0.15) is 5.69 Å². The number of thiocarbonyl (C=S) groups is 1. The van der Waals surface area contributed by atoms with Gasteiger partial charge in [-0.15, -0.1) is 0 Å². The Morgan fingerprint density at radius 1 is 1.69 bits per heavy atom. The Labute approximate surface area is 100 Å². The van der Waals surface area contributed by atoms with Gasteiger partial charge in [0.05, 0.1) is 4.99 Å². The maximum absolute atomic E-state index is 11.7. The van der Waals surface area contributed by atoms with Crippen LogP contribution in [0.25, 0.3) is 0 Å². The number of aryl methyl sites for hydroxylation is 1. The summed E-state index contributed by atoms with van der Waals surface area (Å²) in [5.41, 5.74) is 6.75. The highest BCUT2D eigenvalue weighted by atomic mass is 32.1. The lowest BCUT2D eigenvalue weighted by Crippen LogP contribution is -2.34. The van der Waals surface area contributed by atoms with Gasteiger partial charge in [-0.2, -0.15) is 0 Å². The van der Waals surface area contributed by atoms with Crippen LogP contribution in [0.3, 0.4) is 0 Å². The maximum atomic E-state index is 11.7. The van der Waals surface area contributed by atoms with Gasteiger partial charge in [0.15, 0.2) is 0 Å². The Morgan fingerprint density at radius 2 is 2.38 bits per heavy atom. The van der Waals surface area contributed by atoms with Crippen molar-refractivity contribution in [3.05, 3.63) is 29.6 Å². The first kappa shape index (κ1) is 12.6. The fourth-order valence-electron chi connectivity index (χ4n) is 1.15. The summed E-state index contributed by atoms with van der Waals surface area (Å²) in [5, 5.41) is 2.75. The van der Waals surface area contributed by atoms with Crippen molar-refractivity contribution in [1.29, 1.82) is 0 Å². The zero-order valence-electron chi connectivity index (χ0n) is 9.36. The van der Waals surface area contributed by atoms with Crippen LogP contribution in [-0.2, 0) is 0 Å². The summed E-state index contributed by atoms with van der Waals surface area (Å²) in [6, 6.07) is 3.64. The molecule has 0 radical (unpaired) electrons. The number of nitrogens with zero attached hydrogens (tertiary/aromatic N) is 1. The van der Waals surface area contributed by atoms with Gasteiger partial charge in [0.25, 0.3) is 5.91 Å². The van der Waals surface area contributed by atoms with E-state index in [0.29, 0.717) is 17.2 Å². The van der Waals surface area contributed by atoms with Crippen LogP contribution in [0.5, 0.6) is 0 Å². The van der Waals surface area contributed by atoms with Crippen molar-refractivity contribution >= 4 is 23.1 Å². The molecule has 16 heavy (non-hydrogen) atoms. The van der Waals surface area contributed by atoms with Crippen molar-refractivity contribution in [3.8, 4) is 0 Å². The molecule has 1 aromatic rings. The molecular weight excluding hydrogens is 222 g/mol. The lowest BCUT2D eigenvalue weighted by Gasteiger charge is -2.11. The average Bonchev–Trinajstić information content (AvgIpc) is 2.25. The van der Waals surface area contributed by atoms with Crippen molar-refractivity contribution in [2.24, 2.45) is 11.7 Å². The lowest BCUT2D eigenvalue weighted by atomic mass is 10.1. The predicted octanol–water partition coefficient (Wildman–Crippen LogP) is 1.04. The number of rotatable bonds is 4. The summed E-state index contributed by atoms with van der Waals surface area (Å²) >= 11 is 4.82. The summed E-state index contributed by atoms with van der Waals surface area (Å²) in [5.74, 6) is -0.204. The molecule has 0 aliphatic carbocycles. The number of nitrogens with one attached hydrogen (secondary N) is 1. The number of aromatic nitrogens is 1. The molecule has 1 unspecified atom stereocenters. The molecule has 1 heterocycles. The third-order valence-electron chi connectivity index (χ3n) is 2.28. The molecule has 0 spiro atoms. The monoisotopic (exact) mass is 237 g/mol. The lowest BCUT2D eigenvalue weighted by molar-refractivity contribution is 0.0945. The van der Waals surface area contributed by atoms with E-state index in [1.54, 1.807) is 12.3 Å². The van der Waals surface area contributed by atoms with Gasteiger partial charge < -0.3 is 11.1 Å². The quantitative estimate of drug-likeness (QED) is 0.768. The van der Waals surface area contributed by atoms with E-state index in [1.165, 1.54) is 0 Å². The largest absolute Gasteiger partial charge is 0.393 e. The minimum atomic E-state index is -0.193. The molecule has 0 aliphatic heterocycles. The second-order valence-corrected chi connectivity index (χ2v) is 4.15. The minimum Gasteiger partial charge on any atom is -0.393 e. The van der Waals surface area contributed by atoms with E-state index in [4.69, 9.17) is 18.0 Å². The fourth-order valence-corrected chi connectivity index (χ4v) is 1.24. The van der Waals surface area contributed by atoms with Gasteiger partial charge in [-0.3, -0.25) is 9.78 Å². The topological polar surface area (TPSA) is 68.0 Å². The number of pyridine rings is 1. The zero-order chi connectivity index (χ0) is 12.1. The summed E-state index contributed by atoms with van der Waals surface area (Å²) in [4.78, 5) is 16.2. The molecule has 1 aromatic heterocycles. The highest BCUT2D eigenvalue weighted by molar-refractivity contribution is 7.80. The molecule has 1 atom stereocenters. The average molecular weight is 237 g/mol. The van der Waals surface area contributed by atoms with Crippen LogP contribution >= 0.6 is 12.2 Å². The smallest absolute Gasteiger partial charge is 0.270 e. The van der Waals surface area contributed by atoms with E-state index in [1.807, 2.05) is 19.9 Å². The Hall–Kier alpha value is -1.49. The normalized spacial score (nSPS) is 11.9. The van der Waals surface area contributed by atoms with Crippen LogP contribution in [0, 0.1) is 12.8 Å². The van der Waals surface area contributed by atoms with Crippen LogP contribution in [0.15, 0.2) is 18.3 Å². The molecule has 86 valence electrons. The zero-order valence-corrected chi connectivity index (χ0v) is 10.2. The van der Waals surface area contributed by atoms with Gasteiger partial charge in [-0.25, -0.2) is 0 Å². The highest BCUT2D eigenvalue weighted by Crippen LogP contribution is 2.03. The molecule has 4 nitrogen and oxygen atoms in total. The van der Waals surface area contributed by atoms with Gasteiger partial charge in [-0.1, -0.05) is 25.2 Å². The summed E-state index contributed by atoms with van der Waals surface area (Å²) in [6.07, 6.45) is 1.60. The van der Waals surface area contributed by atoms with Crippen molar-refractivity contribution in [2.45, 2.75) is 13.8 Å². The van der Waals surface area contributed by atoms with Crippen molar-refractivity contribution in [1.82, 2.24) is 10.3 Å². The molecule has 0 aliphatic rings. The molecule has 1 amide bonds. The molecule has 0 saturated heterocycles. The van der Waals surface area contributed by atoms with Crippen LogP contribution in [0.4, 0.5) is 0 Å². The first-order chi connectivity index (χ1) is 7.52. The number of nitrogens with two attached hydrogens (primary N) is 1. The molecular formula is C11H15N3OS. The second-order valence-electron chi connectivity index (χ2n) is 3.68. The van der Waals surface area contributed by atoms with Crippen LogP contribution in [0.2, 0.25) is 0 Å². The van der Waals surface area contributed by atoms with E-state index in [0.717, 1.165) is 5.56 Å². The number of hydrogen-bond donors (Lipinski definition) is 2. The summed E-state index contributed by atoms with van der Waals surface area (Å²) < 4.78 is 0. The Kier molecular flexibility index (Phi) is 4.37. The molecule has 1 rings (SSSR count). The molecule has 0 saturated carbocycles. The van der Waals surface area contributed by atoms with E-state index < -0.39 is 0 Å². The SMILES string of the molecule is Cc1cccnc1C(=O)NCC(C)C(N)=S. The van der Waals surface area contributed by atoms with Crippen molar-refractivity contribution < 1.29 is 4.79 Å². The van der Waals surface area contributed by atoms with Crippen LogP contribution in [0.1, 0.15) is 23.0 Å². The summed E-state index contributed by atoms with van der Waals surface area (Å²) in [7, 11) is 0. The Balaban J connectivity index is 2.60. The van der Waals surface area contributed by atoms with Gasteiger partial charge in [0.2, 0.25) is 0 Å².